The van der Waals surface area contributed by atoms with Gasteiger partial charge < -0.3 is 5.32 Å². The number of carbonyl (C=O) groups excluding carboxylic acids is 1. The van der Waals surface area contributed by atoms with Crippen molar-refractivity contribution in [2.45, 2.75) is 38.1 Å². The molecule has 17 heavy (non-hydrogen) atoms. The maximum Gasteiger partial charge on any atom is 0.217 e. The third-order valence-electron chi connectivity index (χ3n) is 4.47. The molecule has 1 aromatic rings. The van der Waals surface area contributed by atoms with Crippen LogP contribution in [0, 0.1) is 11.8 Å². The first-order valence-corrected chi connectivity index (χ1v) is 6.58. The van der Waals surface area contributed by atoms with E-state index in [9.17, 15) is 4.79 Å². The molecule has 1 N–H and O–H groups in total. The second kappa shape index (κ2) is 4.17. The van der Waals surface area contributed by atoms with Gasteiger partial charge in [0.15, 0.2) is 0 Å². The number of carbonyl (C=O) groups is 1. The van der Waals surface area contributed by atoms with E-state index in [1.54, 1.807) is 6.92 Å². The Hall–Kier alpha value is -1.31. The first kappa shape index (κ1) is 10.8. The molecular weight excluding hydrogens is 210 g/mol. The number of nitrogens with one attached hydrogen (secondary N) is 1. The monoisotopic (exact) mass is 229 g/mol. The molecule has 2 heteroatoms. The van der Waals surface area contributed by atoms with Gasteiger partial charge in [-0.15, -0.1) is 0 Å². The van der Waals surface area contributed by atoms with Crippen LogP contribution in [0.25, 0.3) is 0 Å². The third-order valence-corrected chi connectivity index (χ3v) is 4.47. The topological polar surface area (TPSA) is 29.1 Å². The average molecular weight is 229 g/mol. The van der Waals surface area contributed by atoms with Gasteiger partial charge in [0, 0.05) is 18.9 Å². The van der Waals surface area contributed by atoms with Gasteiger partial charge >= 0.3 is 0 Å². The van der Waals surface area contributed by atoms with Crippen LogP contribution in [0.15, 0.2) is 30.3 Å². The minimum atomic E-state index is 0.114. The van der Waals surface area contributed by atoms with Crippen LogP contribution in [0.5, 0.6) is 0 Å². The fourth-order valence-corrected chi connectivity index (χ4v) is 3.89. The quantitative estimate of drug-likeness (QED) is 0.830. The highest BCUT2D eigenvalue weighted by Gasteiger charge is 2.48. The van der Waals surface area contributed by atoms with Crippen LogP contribution in [0.3, 0.4) is 0 Å². The Morgan fingerprint density at radius 2 is 1.88 bits per heavy atom. The first-order chi connectivity index (χ1) is 8.25. The van der Waals surface area contributed by atoms with E-state index < -0.39 is 0 Å². The second-order valence-corrected chi connectivity index (χ2v) is 5.50. The number of benzene rings is 1. The molecule has 2 saturated carbocycles. The highest BCUT2D eigenvalue weighted by molar-refractivity contribution is 5.73. The number of fused-ring (bicyclic) bond motifs is 2. The lowest BCUT2D eigenvalue weighted by molar-refractivity contribution is -0.120. The number of hydrogen-bond donors (Lipinski definition) is 1. The largest absolute Gasteiger partial charge is 0.353 e. The Morgan fingerprint density at radius 3 is 2.59 bits per heavy atom. The van der Waals surface area contributed by atoms with Crippen LogP contribution in [0.1, 0.15) is 37.7 Å². The molecule has 2 bridgehead atoms. The molecule has 2 aliphatic carbocycles. The summed E-state index contributed by atoms with van der Waals surface area (Å²) in [6, 6.07) is 11.1. The summed E-state index contributed by atoms with van der Waals surface area (Å²) in [4.78, 5) is 11.3. The predicted molar refractivity (Wildman–Crippen MR) is 67.6 cm³/mol. The average Bonchev–Trinajstić information content (AvgIpc) is 2.90. The maximum atomic E-state index is 11.3. The zero-order valence-corrected chi connectivity index (χ0v) is 10.2. The number of rotatable bonds is 2. The minimum absolute atomic E-state index is 0.114. The molecule has 1 amide bonds. The summed E-state index contributed by atoms with van der Waals surface area (Å²) in [7, 11) is 0. The van der Waals surface area contributed by atoms with Crippen molar-refractivity contribution in [3.8, 4) is 0 Å². The highest BCUT2D eigenvalue weighted by atomic mass is 16.1. The fourth-order valence-electron chi connectivity index (χ4n) is 3.89. The lowest BCUT2D eigenvalue weighted by atomic mass is 9.80. The molecule has 0 spiro atoms. The van der Waals surface area contributed by atoms with Gasteiger partial charge in [0.2, 0.25) is 5.91 Å². The van der Waals surface area contributed by atoms with E-state index in [0.717, 1.165) is 5.92 Å². The van der Waals surface area contributed by atoms with Crippen LogP contribution < -0.4 is 5.32 Å². The molecule has 2 fully saturated rings. The van der Waals surface area contributed by atoms with E-state index >= 15 is 0 Å². The summed E-state index contributed by atoms with van der Waals surface area (Å²) in [5.74, 6) is 2.13. The van der Waals surface area contributed by atoms with Gasteiger partial charge in [-0.1, -0.05) is 30.3 Å². The van der Waals surface area contributed by atoms with Crippen molar-refractivity contribution in [1.29, 1.82) is 0 Å². The summed E-state index contributed by atoms with van der Waals surface area (Å²) >= 11 is 0. The number of hydrogen-bond acceptors (Lipinski definition) is 1. The molecule has 90 valence electrons. The summed E-state index contributed by atoms with van der Waals surface area (Å²) in [6.07, 6.45) is 3.92. The molecule has 0 saturated heterocycles. The van der Waals surface area contributed by atoms with Gasteiger partial charge in [0.1, 0.15) is 0 Å². The van der Waals surface area contributed by atoms with Gasteiger partial charge in [-0.05, 0) is 36.7 Å². The lowest BCUT2D eigenvalue weighted by Crippen LogP contribution is -2.41. The van der Waals surface area contributed by atoms with E-state index in [-0.39, 0.29) is 5.91 Å². The van der Waals surface area contributed by atoms with Crippen LogP contribution in [-0.2, 0) is 4.79 Å². The van der Waals surface area contributed by atoms with E-state index in [4.69, 9.17) is 0 Å². The highest BCUT2D eigenvalue weighted by Crippen LogP contribution is 2.52. The van der Waals surface area contributed by atoms with Crippen molar-refractivity contribution in [1.82, 2.24) is 5.32 Å². The van der Waals surface area contributed by atoms with Gasteiger partial charge in [-0.3, -0.25) is 4.79 Å². The van der Waals surface area contributed by atoms with Gasteiger partial charge in [0.25, 0.3) is 0 Å². The van der Waals surface area contributed by atoms with Crippen molar-refractivity contribution in [3.63, 3.8) is 0 Å². The molecule has 0 aromatic heterocycles. The third kappa shape index (κ3) is 1.86. The Morgan fingerprint density at radius 1 is 1.18 bits per heavy atom. The van der Waals surface area contributed by atoms with Crippen LogP contribution in [0.2, 0.25) is 0 Å². The zero-order chi connectivity index (χ0) is 11.8. The van der Waals surface area contributed by atoms with E-state index in [1.165, 1.54) is 24.8 Å². The summed E-state index contributed by atoms with van der Waals surface area (Å²) < 4.78 is 0. The van der Waals surface area contributed by atoms with Crippen molar-refractivity contribution in [2.24, 2.45) is 11.8 Å². The fraction of sp³-hybridized carbons (Fsp3) is 0.533. The molecule has 0 aliphatic heterocycles. The minimum Gasteiger partial charge on any atom is -0.353 e. The molecule has 3 rings (SSSR count). The maximum absolute atomic E-state index is 11.3. The Bertz CT molecular complexity index is 414. The molecule has 4 atom stereocenters. The van der Waals surface area contributed by atoms with Gasteiger partial charge in [0.05, 0.1) is 0 Å². The molecule has 0 heterocycles. The number of amides is 1. The Kier molecular flexibility index (Phi) is 2.65. The van der Waals surface area contributed by atoms with Crippen LogP contribution in [-0.4, -0.2) is 11.9 Å². The Balaban J connectivity index is 1.88. The van der Waals surface area contributed by atoms with Gasteiger partial charge in [-0.25, -0.2) is 0 Å². The summed E-state index contributed by atoms with van der Waals surface area (Å²) in [6.45, 7) is 1.63. The van der Waals surface area contributed by atoms with Crippen molar-refractivity contribution in [3.05, 3.63) is 35.9 Å². The molecular formula is C15H19NO. The predicted octanol–water partition coefficient (Wildman–Crippen LogP) is 2.70. The first-order valence-electron chi connectivity index (χ1n) is 6.58. The molecule has 0 unspecified atom stereocenters. The zero-order valence-electron chi connectivity index (χ0n) is 10.2. The van der Waals surface area contributed by atoms with Crippen LogP contribution >= 0.6 is 0 Å². The standard InChI is InChI=1S/C15H19NO/c1-10(17)16-15-13-8-7-12(9-13)14(15)11-5-3-2-4-6-11/h2-6,12-15H,7-9H2,1H3,(H,16,17)/t12-,13-,14-,15-/m0/s1. The Labute approximate surface area is 102 Å². The SMILES string of the molecule is CC(=O)N[C@H]1[C@H]2CC[C@@H](C2)[C@@H]1c1ccccc1. The molecule has 1 aromatic carbocycles. The smallest absolute Gasteiger partial charge is 0.217 e. The van der Waals surface area contributed by atoms with E-state index in [0.29, 0.717) is 17.9 Å². The summed E-state index contributed by atoms with van der Waals surface area (Å²) in [5.41, 5.74) is 1.40. The normalized spacial score (nSPS) is 34.9. The van der Waals surface area contributed by atoms with Crippen molar-refractivity contribution < 1.29 is 4.79 Å². The van der Waals surface area contributed by atoms with Gasteiger partial charge in [-0.2, -0.15) is 0 Å². The molecule has 2 nitrogen and oxygen atoms in total. The molecule has 2 aliphatic rings. The van der Waals surface area contributed by atoms with E-state index in [1.807, 2.05) is 0 Å². The van der Waals surface area contributed by atoms with E-state index in [2.05, 4.69) is 35.6 Å². The summed E-state index contributed by atoms with van der Waals surface area (Å²) in [5, 5.41) is 3.18. The van der Waals surface area contributed by atoms with Crippen molar-refractivity contribution >= 4 is 5.91 Å². The molecule has 0 radical (unpaired) electrons. The van der Waals surface area contributed by atoms with Crippen molar-refractivity contribution in [2.75, 3.05) is 0 Å². The van der Waals surface area contributed by atoms with Crippen LogP contribution in [0.4, 0.5) is 0 Å². The lowest BCUT2D eigenvalue weighted by Gasteiger charge is -2.31. The second-order valence-electron chi connectivity index (χ2n) is 5.50.